The van der Waals surface area contributed by atoms with Crippen LogP contribution >= 0.6 is 0 Å². The largest absolute Gasteiger partial charge is 0.497 e. The third-order valence-corrected chi connectivity index (χ3v) is 5.48. The maximum atomic E-state index is 12.9. The lowest BCUT2D eigenvalue weighted by molar-refractivity contribution is -0.0326. The summed E-state index contributed by atoms with van der Waals surface area (Å²) in [6.07, 6.45) is 6.90. The summed E-state index contributed by atoms with van der Waals surface area (Å²) in [4.78, 5) is 31.7. The van der Waals surface area contributed by atoms with Gasteiger partial charge < -0.3 is 9.30 Å². The van der Waals surface area contributed by atoms with E-state index in [1.54, 1.807) is 61.7 Å². The Balaban J connectivity index is 1.78. The Hall–Kier alpha value is -4.17. The normalized spacial score (nSPS) is 13.8. The van der Waals surface area contributed by atoms with Crippen LogP contribution in [-0.2, 0) is 13.1 Å². The average Bonchev–Trinajstić information content (AvgIpc) is 3.28. The molecular formula is C25H24N4O4. The summed E-state index contributed by atoms with van der Waals surface area (Å²) >= 11 is 0. The summed E-state index contributed by atoms with van der Waals surface area (Å²) in [6.45, 7) is 3.89. The van der Waals surface area contributed by atoms with Gasteiger partial charge in [-0.15, -0.1) is 0 Å². The number of allylic oxidation sites excluding steroid dienone is 5. The van der Waals surface area contributed by atoms with E-state index in [4.69, 9.17) is 9.72 Å². The molecule has 2 aromatic carbocycles. The predicted molar refractivity (Wildman–Crippen MR) is 124 cm³/mol. The number of rotatable bonds is 8. The van der Waals surface area contributed by atoms with Crippen molar-refractivity contribution in [2.75, 3.05) is 14.2 Å². The molecule has 1 aliphatic rings. The standard InChI is InChI=1S/C25H24N4O4/c1-4-5-6-9-17(27(2)32)15-28-22-14-18(33-3)12-13-21(22)26-23(28)16-29-24(30)19-10-7-8-11-20(19)25(29)31/h4-14,32H,1,15-16H2,2-3H3/b6-5-,17-9-. The highest BCUT2D eigenvalue weighted by Crippen LogP contribution is 2.27. The van der Waals surface area contributed by atoms with Gasteiger partial charge in [-0.05, 0) is 30.3 Å². The Morgan fingerprint density at radius 2 is 1.85 bits per heavy atom. The van der Waals surface area contributed by atoms with Crippen LogP contribution in [0, 0.1) is 0 Å². The Labute approximate surface area is 191 Å². The van der Waals surface area contributed by atoms with Crippen LogP contribution in [-0.4, -0.2) is 50.7 Å². The monoisotopic (exact) mass is 444 g/mol. The molecule has 1 aromatic heterocycles. The van der Waals surface area contributed by atoms with Gasteiger partial charge in [-0.2, -0.15) is 0 Å². The number of nitrogens with zero attached hydrogens (tertiary/aromatic N) is 4. The molecule has 0 aliphatic carbocycles. The van der Waals surface area contributed by atoms with Crippen LogP contribution in [0.4, 0.5) is 0 Å². The maximum absolute atomic E-state index is 12.9. The summed E-state index contributed by atoms with van der Waals surface area (Å²) in [7, 11) is 3.10. The zero-order valence-electron chi connectivity index (χ0n) is 18.4. The van der Waals surface area contributed by atoms with Gasteiger partial charge in [-0.25, -0.2) is 4.98 Å². The first-order valence-corrected chi connectivity index (χ1v) is 10.3. The fourth-order valence-corrected chi connectivity index (χ4v) is 3.77. The Kier molecular flexibility index (Phi) is 6.10. The number of carbonyl (C=O) groups is 2. The maximum Gasteiger partial charge on any atom is 0.261 e. The van der Waals surface area contributed by atoms with Crippen molar-refractivity contribution < 1.29 is 19.5 Å². The number of imide groups is 1. The van der Waals surface area contributed by atoms with Gasteiger partial charge in [0.25, 0.3) is 11.8 Å². The van der Waals surface area contributed by atoms with Gasteiger partial charge in [-0.3, -0.25) is 24.8 Å². The van der Waals surface area contributed by atoms with Gasteiger partial charge in [0.2, 0.25) is 0 Å². The van der Waals surface area contributed by atoms with Gasteiger partial charge >= 0.3 is 0 Å². The van der Waals surface area contributed by atoms with Crippen molar-refractivity contribution >= 4 is 22.8 Å². The van der Waals surface area contributed by atoms with Crippen LogP contribution in [0.3, 0.4) is 0 Å². The summed E-state index contributed by atoms with van der Waals surface area (Å²) in [6, 6.07) is 12.2. The quantitative estimate of drug-likeness (QED) is 0.323. The second-order valence-corrected chi connectivity index (χ2v) is 7.51. The lowest BCUT2D eigenvalue weighted by Gasteiger charge is -2.19. The average molecular weight is 444 g/mol. The second kappa shape index (κ2) is 9.13. The molecule has 4 rings (SSSR count). The molecule has 3 aromatic rings. The van der Waals surface area contributed by atoms with E-state index in [0.717, 1.165) is 10.6 Å². The number of aromatic nitrogens is 2. The number of benzene rings is 2. The molecule has 2 heterocycles. The van der Waals surface area contributed by atoms with Crippen molar-refractivity contribution in [1.82, 2.24) is 19.5 Å². The van der Waals surface area contributed by atoms with Crippen LogP contribution in [0.15, 0.2) is 79.0 Å². The van der Waals surface area contributed by atoms with Gasteiger partial charge in [0.15, 0.2) is 0 Å². The number of amides is 2. The zero-order chi connectivity index (χ0) is 23.5. The topological polar surface area (TPSA) is 87.9 Å². The molecule has 8 nitrogen and oxygen atoms in total. The predicted octanol–water partition coefficient (Wildman–Crippen LogP) is 3.79. The number of fused-ring (bicyclic) bond motifs is 2. The Morgan fingerprint density at radius 1 is 1.15 bits per heavy atom. The molecule has 0 unspecified atom stereocenters. The van der Waals surface area contributed by atoms with Crippen molar-refractivity contribution in [2.45, 2.75) is 13.1 Å². The minimum atomic E-state index is -0.351. The number of methoxy groups -OCH3 is 1. The minimum absolute atomic E-state index is 0.00569. The summed E-state index contributed by atoms with van der Waals surface area (Å²) < 4.78 is 7.23. The number of hydroxylamine groups is 2. The molecule has 0 saturated heterocycles. The number of hydrogen-bond donors (Lipinski definition) is 1. The Bertz CT molecular complexity index is 1270. The summed E-state index contributed by atoms with van der Waals surface area (Å²) in [5.74, 6) is 0.449. The fraction of sp³-hybridized carbons (Fsp3) is 0.160. The van der Waals surface area contributed by atoms with E-state index in [1.807, 2.05) is 16.7 Å². The molecule has 168 valence electrons. The van der Waals surface area contributed by atoms with Crippen LogP contribution in [0.1, 0.15) is 26.5 Å². The number of imidazole rings is 1. The van der Waals surface area contributed by atoms with Gasteiger partial charge in [0.1, 0.15) is 11.6 Å². The first-order chi connectivity index (χ1) is 15.9. The van der Waals surface area contributed by atoms with E-state index >= 15 is 0 Å². The molecule has 0 radical (unpaired) electrons. The molecule has 2 amide bonds. The highest BCUT2D eigenvalue weighted by molar-refractivity contribution is 6.21. The number of ether oxygens (including phenoxy) is 1. The van der Waals surface area contributed by atoms with Crippen molar-refractivity contribution in [3.8, 4) is 5.75 Å². The lowest BCUT2D eigenvalue weighted by atomic mass is 10.1. The molecule has 1 aliphatic heterocycles. The summed E-state index contributed by atoms with van der Waals surface area (Å²) in [5.41, 5.74) is 2.78. The van der Waals surface area contributed by atoms with Crippen molar-refractivity contribution in [3.05, 3.63) is 96.0 Å². The van der Waals surface area contributed by atoms with Gasteiger partial charge in [-0.1, -0.05) is 36.9 Å². The van der Waals surface area contributed by atoms with Crippen LogP contribution in [0.25, 0.3) is 11.0 Å². The molecule has 0 atom stereocenters. The molecule has 33 heavy (non-hydrogen) atoms. The first kappa shape index (κ1) is 22.0. The van der Waals surface area contributed by atoms with Crippen molar-refractivity contribution in [2.24, 2.45) is 0 Å². The van der Waals surface area contributed by atoms with Crippen LogP contribution in [0.5, 0.6) is 5.75 Å². The van der Waals surface area contributed by atoms with Gasteiger partial charge in [0.05, 0.1) is 48.1 Å². The molecule has 0 saturated carbocycles. The first-order valence-electron chi connectivity index (χ1n) is 10.3. The fourth-order valence-electron chi connectivity index (χ4n) is 3.77. The number of carbonyl (C=O) groups excluding carboxylic acids is 2. The minimum Gasteiger partial charge on any atom is -0.497 e. The second-order valence-electron chi connectivity index (χ2n) is 7.51. The van der Waals surface area contributed by atoms with Crippen molar-refractivity contribution in [1.29, 1.82) is 0 Å². The molecular weight excluding hydrogens is 420 g/mol. The van der Waals surface area contributed by atoms with E-state index < -0.39 is 0 Å². The third kappa shape index (κ3) is 4.16. The SMILES string of the molecule is C=C/C=C\C=C(\Cn1c(CN2C(=O)c3ccccc3C2=O)nc2ccc(OC)cc21)N(C)O. The van der Waals surface area contributed by atoms with E-state index in [9.17, 15) is 14.8 Å². The highest BCUT2D eigenvalue weighted by atomic mass is 16.5. The van der Waals surface area contributed by atoms with Crippen LogP contribution < -0.4 is 4.74 Å². The lowest BCUT2D eigenvalue weighted by Crippen LogP contribution is -2.31. The van der Waals surface area contributed by atoms with Crippen molar-refractivity contribution in [3.63, 3.8) is 0 Å². The highest BCUT2D eigenvalue weighted by Gasteiger charge is 2.36. The molecule has 0 spiro atoms. The van der Waals surface area contributed by atoms with Crippen LogP contribution in [0.2, 0.25) is 0 Å². The molecule has 1 N–H and O–H groups in total. The Morgan fingerprint density at radius 3 is 2.45 bits per heavy atom. The zero-order valence-corrected chi connectivity index (χ0v) is 18.4. The summed E-state index contributed by atoms with van der Waals surface area (Å²) in [5, 5.41) is 11.2. The number of likely N-dealkylation sites (N-methyl/N-ethyl adjacent to an activating group) is 1. The van der Waals surface area contributed by atoms with E-state index in [2.05, 4.69) is 6.58 Å². The third-order valence-electron chi connectivity index (χ3n) is 5.48. The van der Waals surface area contributed by atoms with E-state index in [-0.39, 0.29) is 24.9 Å². The molecule has 0 fully saturated rings. The smallest absolute Gasteiger partial charge is 0.261 e. The van der Waals surface area contributed by atoms with Gasteiger partial charge in [0, 0.05) is 13.1 Å². The van der Waals surface area contributed by atoms with E-state index in [0.29, 0.717) is 33.9 Å². The molecule has 8 heteroatoms. The van der Waals surface area contributed by atoms with E-state index in [1.165, 1.54) is 11.9 Å². The number of hydrogen-bond acceptors (Lipinski definition) is 6. The molecule has 0 bridgehead atoms.